The van der Waals surface area contributed by atoms with Crippen LogP contribution >= 0.6 is 24.8 Å². The maximum Gasteiger partial charge on any atom is 0.241 e. The summed E-state index contributed by atoms with van der Waals surface area (Å²) in [5.74, 6) is 0.178. The first-order valence-corrected chi connectivity index (χ1v) is 10.4. The molecule has 0 atom stereocenters. The molecular weight excluding hydrogens is 433 g/mol. The van der Waals surface area contributed by atoms with Gasteiger partial charge in [-0.1, -0.05) is 12.1 Å². The molecule has 5 rings (SSSR count). The van der Waals surface area contributed by atoms with Gasteiger partial charge in [-0.2, -0.15) is 0 Å². The van der Waals surface area contributed by atoms with E-state index in [1.807, 2.05) is 29.3 Å². The van der Waals surface area contributed by atoms with Crippen molar-refractivity contribution in [1.29, 1.82) is 0 Å². The lowest BCUT2D eigenvalue weighted by molar-refractivity contribution is -0.121. The van der Waals surface area contributed by atoms with Crippen LogP contribution in [0.15, 0.2) is 42.6 Å². The summed E-state index contributed by atoms with van der Waals surface area (Å²) < 4.78 is 2.31. The minimum absolute atomic E-state index is 0. The zero-order valence-electron chi connectivity index (χ0n) is 17.7. The van der Waals surface area contributed by atoms with Crippen LogP contribution in [0.3, 0.4) is 0 Å². The number of amides is 1. The van der Waals surface area contributed by atoms with Gasteiger partial charge in [-0.05, 0) is 29.8 Å². The highest BCUT2D eigenvalue weighted by Crippen LogP contribution is 2.31. The number of aromatic nitrogens is 2. The SMILES string of the molecule is Cl.Cl.Cn1c2c(c3ccc(N4CCN(CCc5ccccn5)CC4=O)cc31)CNCC2. The van der Waals surface area contributed by atoms with Crippen LogP contribution in [0, 0.1) is 0 Å². The lowest BCUT2D eigenvalue weighted by atomic mass is 10.1. The van der Waals surface area contributed by atoms with Gasteiger partial charge in [0.05, 0.1) is 12.1 Å². The van der Waals surface area contributed by atoms with Gasteiger partial charge in [0, 0.05) is 81.3 Å². The Labute approximate surface area is 195 Å². The molecule has 0 saturated carbocycles. The van der Waals surface area contributed by atoms with Gasteiger partial charge in [0.2, 0.25) is 5.91 Å². The molecule has 0 radical (unpaired) electrons. The average Bonchev–Trinajstić information content (AvgIpc) is 3.05. The fourth-order valence-corrected chi connectivity index (χ4v) is 4.66. The monoisotopic (exact) mass is 461 g/mol. The molecule has 1 aromatic carbocycles. The van der Waals surface area contributed by atoms with Crippen LogP contribution in [0.2, 0.25) is 0 Å². The van der Waals surface area contributed by atoms with Crippen LogP contribution < -0.4 is 10.2 Å². The number of nitrogens with one attached hydrogen (secondary N) is 1. The van der Waals surface area contributed by atoms with E-state index < -0.39 is 0 Å². The fourth-order valence-electron chi connectivity index (χ4n) is 4.66. The number of fused-ring (bicyclic) bond motifs is 3. The highest BCUT2D eigenvalue weighted by Gasteiger charge is 2.26. The van der Waals surface area contributed by atoms with Crippen molar-refractivity contribution in [1.82, 2.24) is 19.8 Å². The van der Waals surface area contributed by atoms with Crippen LogP contribution in [0.5, 0.6) is 0 Å². The Morgan fingerprint density at radius 1 is 1.13 bits per heavy atom. The number of anilines is 1. The number of hydrogen-bond donors (Lipinski definition) is 1. The van der Waals surface area contributed by atoms with Crippen molar-refractivity contribution in [2.24, 2.45) is 7.05 Å². The first-order valence-electron chi connectivity index (χ1n) is 10.4. The largest absolute Gasteiger partial charge is 0.347 e. The van der Waals surface area contributed by atoms with Crippen LogP contribution in [0.25, 0.3) is 10.9 Å². The average molecular weight is 462 g/mol. The number of piperazine rings is 1. The van der Waals surface area contributed by atoms with Gasteiger partial charge in [-0.3, -0.25) is 14.7 Å². The van der Waals surface area contributed by atoms with Crippen LogP contribution in [-0.2, 0) is 31.2 Å². The van der Waals surface area contributed by atoms with Gasteiger partial charge in [-0.25, -0.2) is 0 Å². The Kier molecular flexibility index (Phi) is 7.59. The van der Waals surface area contributed by atoms with Crippen LogP contribution in [0.4, 0.5) is 5.69 Å². The highest BCUT2D eigenvalue weighted by molar-refractivity contribution is 5.98. The zero-order chi connectivity index (χ0) is 19.8. The molecule has 0 unspecified atom stereocenters. The van der Waals surface area contributed by atoms with E-state index in [9.17, 15) is 4.79 Å². The molecule has 2 aliphatic rings. The third-order valence-corrected chi connectivity index (χ3v) is 6.28. The predicted molar refractivity (Wildman–Crippen MR) is 130 cm³/mol. The summed E-state index contributed by atoms with van der Waals surface area (Å²) in [5, 5.41) is 4.78. The van der Waals surface area contributed by atoms with E-state index >= 15 is 0 Å². The molecule has 166 valence electrons. The molecule has 0 aliphatic carbocycles. The van der Waals surface area contributed by atoms with Crippen molar-refractivity contribution >= 4 is 47.3 Å². The van der Waals surface area contributed by atoms with E-state index in [1.54, 1.807) is 0 Å². The maximum absolute atomic E-state index is 12.9. The number of hydrogen-bond acceptors (Lipinski definition) is 4. The molecule has 1 amide bonds. The number of aryl methyl sites for hydroxylation is 1. The number of benzene rings is 1. The van der Waals surface area contributed by atoms with Crippen molar-refractivity contribution < 1.29 is 4.79 Å². The smallest absolute Gasteiger partial charge is 0.241 e. The quantitative estimate of drug-likeness (QED) is 0.648. The lowest BCUT2D eigenvalue weighted by Gasteiger charge is -2.34. The molecule has 1 N–H and O–H groups in total. The second-order valence-electron chi connectivity index (χ2n) is 8.01. The third kappa shape index (κ3) is 4.58. The van der Waals surface area contributed by atoms with Crippen LogP contribution in [-0.4, -0.2) is 53.1 Å². The van der Waals surface area contributed by atoms with Gasteiger partial charge in [0.15, 0.2) is 0 Å². The van der Waals surface area contributed by atoms with Gasteiger partial charge in [0.25, 0.3) is 0 Å². The van der Waals surface area contributed by atoms with Crippen molar-refractivity contribution in [3.63, 3.8) is 0 Å². The normalized spacial score (nSPS) is 16.5. The van der Waals surface area contributed by atoms with E-state index in [0.717, 1.165) is 56.9 Å². The Morgan fingerprint density at radius 2 is 2.00 bits per heavy atom. The van der Waals surface area contributed by atoms with Gasteiger partial charge >= 0.3 is 0 Å². The summed E-state index contributed by atoms with van der Waals surface area (Å²) in [6.45, 7) is 4.93. The summed E-state index contributed by atoms with van der Waals surface area (Å²) in [5.41, 5.74) is 6.14. The summed E-state index contributed by atoms with van der Waals surface area (Å²) in [4.78, 5) is 21.4. The highest BCUT2D eigenvalue weighted by atomic mass is 35.5. The summed E-state index contributed by atoms with van der Waals surface area (Å²) >= 11 is 0. The Hall–Kier alpha value is -2.12. The Bertz CT molecular complexity index is 1050. The van der Waals surface area contributed by atoms with Crippen molar-refractivity contribution in [3.05, 3.63) is 59.5 Å². The van der Waals surface area contributed by atoms with Crippen molar-refractivity contribution in [2.45, 2.75) is 19.4 Å². The standard InChI is InChI=1S/C23H27N5O.2ClH/c1-26-21-7-10-24-15-20(21)19-6-5-18(14-22(19)26)28-13-12-27(16-23(28)29)11-8-17-4-2-3-9-25-17;;/h2-6,9,14,24H,7-8,10-13,15-16H2,1H3;2*1H. The summed E-state index contributed by atoms with van der Waals surface area (Å²) in [7, 11) is 2.15. The van der Waals surface area contributed by atoms with E-state index in [0.29, 0.717) is 6.54 Å². The van der Waals surface area contributed by atoms with E-state index in [-0.39, 0.29) is 30.7 Å². The first-order chi connectivity index (χ1) is 14.2. The molecule has 3 aromatic rings. The summed E-state index contributed by atoms with van der Waals surface area (Å²) in [6, 6.07) is 12.5. The minimum atomic E-state index is 0. The van der Waals surface area contributed by atoms with E-state index in [1.165, 1.54) is 22.2 Å². The second kappa shape index (κ2) is 10.0. The predicted octanol–water partition coefficient (Wildman–Crippen LogP) is 2.95. The number of pyridine rings is 1. The molecule has 1 saturated heterocycles. The Balaban J connectivity index is 0.00000136. The number of rotatable bonds is 4. The second-order valence-corrected chi connectivity index (χ2v) is 8.01. The molecular formula is C23H29Cl2N5O. The van der Waals surface area contributed by atoms with Crippen LogP contribution in [0.1, 0.15) is 17.0 Å². The molecule has 0 spiro atoms. The molecule has 1 fully saturated rings. The molecule has 2 aliphatic heterocycles. The lowest BCUT2D eigenvalue weighted by Crippen LogP contribution is -2.50. The number of carbonyl (C=O) groups is 1. The molecule has 4 heterocycles. The molecule has 6 nitrogen and oxygen atoms in total. The minimum Gasteiger partial charge on any atom is -0.347 e. The Morgan fingerprint density at radius 3 is 2.77 bits per heavy atom. The molecule has 8 heteroatoms. The zero-order valence-corrected chi connectivity index (χ0v) is 19.3. The number of carbonyl (C=O) groups excluding carboxylic acids is 1. The van der Waals surface area contributed by atoms with Crippen molar-refractivity contribution in [3.8, 4) is 0 Å². The molecule has 2 aromatic heterocycles. The summed E-state index contributed by atoms with van der Waals surface area (Å²) in [6.07, 6.45) is 3.76. The molecule has 0 bridgehead atoms. The van der Waals surface area contributed by atoms with E-state index in [4.69, 9.17) is 0 Å². The maximum atomic E-state index is 12.9. The fraction of sp³-hybridized carbons (Fsp3) is 0.391. The third-order valence-electron chi connectivity index (χ3n) is 6.28. The number of halogens is 2. The van der Waals surface area contributed by atoms with E-state index in [2.05, 4.69) is 45.0 Å². The van der Waals surface area contributed by atoms with Crippen molar-refractivity contribution in [2.75, 3.05) is 37.6 Å². The van der Waals surface area contributed by atoms with Gasteiger partial charge in [0.1, 0.15) is 0 Å². The molecule has 31 heavy (non-hydrogen) atoms. The van der Waals surface area contributed by atoms with Gasteiger partial charge in [-0.15, -0.1) is 24.8 Å². The first kappa shape index (κ1) is 23.5. The number of nitrogens with zero attached hydrogens (tertiary/aromatic N) is 4. The topological polar surface area (TPSA) is 53.4 Å². The van der Waals surface area contributed by atoms with Gasteiger partial charge < -0.3 is 14.8 Å².